The summed E-state index contributed by atoms with van der Waals surface area (Å²) in [5.74, 6) is 0.724. The molecule has 37 heavy (non-hydrogen) atoms. The smallest absolute Gasteiger partial charge is 0.383 e. The van der Waals surface area contributed by atoms with E-state index in [1.54, 1.807) is 30.3 Å². The number of aromatic nitrogens is 4. The Balaban J connectivity index is 1.28. The zero-order valence-corrected chi connectivity index (χ0v) is 19.6. The number of rotatable bonds is 4. The number of H-pyrrole nitrogens is 1. The highest BCUT2D eigenvalue weighted by molar-refractivity contribution is 6.15. The zero-order chi connectivity index (χ0) is 25.9. The molecule has 0 radical (unpaired) electrons. The van der Waals surface area contributed by atoms with Crippen LogP contribution in [0.2, 0.25) is 0 Å². The quantitative estimate of drug-likeness (QED) is 0.290. The number of carbonyl (C=O) groups is 1. The summed E-state index contributed by atoms with van der Waals surface area (Å²) in [6, 6.07) is 16.1. The van der Waals surface area contributed by atoms with Gasteiger partial charge in [-0.1, -0.05) is 36.4 Å². The minimum atomic E-state index is -4.46. The van der Waals surface area contributed by atoms with E-state index in [0.29, 0.717) is 23.2 Å². The molecule has 5 aromatic rings. The molecule has 0 bridgehead atoms. The minimum Gasteiger partial charge on any atom is -0.383 e. The number of nitrogens with zero attached hydrogens (tertiary/aromatic N) is 3. The maximum Gasteiger partial charge on any atom is 0.417 e. The first kappa shape index (κ1) is 22.8. The number of halogens is 3. The average molecular weight is 499 g/mol. The van der Waals surface area contributed by atoms with E-state index in [9.17, 15) is 18.0 Å². The highest BCUT2D eigenvalue weighted by Crippen LogP contribution is 2.39. The summed E-state index contributed by atoms with van der Waals surface area (Å²) in [6.07, 6.45) is -0.976. The van der Waals surface area contributed by atoms with Crippen LogP contribution in [0.3, 0.4) is 0 Å². The van der Waals surface area contributed by atoms with Crippen LogP contribution in [0.1, 0.15) is 32.9 Å². The number of nitrogens with one attached hydrogen (secondary N) is 1. The average Bonchev–Trinajstić information content (AvgIpc) is 3.57. The lowest BCUT2D eigenvalue weighted by atomic mass is 9.95. The Kier molecular flexibility index (Phi) is 5.04. The molecule has 0 saturated heterocycles. The SMILES string of the molecule is Cc1nc2ccc(-n3ncc(C(=O)C4=Cc5ccc(-c6ccccc6C(F)(F)F)cc5C4)c3N)cc2[nH]1. The Morgan fingerprint density at radius 1 is 1.08 bits per heavy atom. The third kappa shape index (κ3) is 3.88. The third-order valence-corrected chi connectivity index (χ3v) is 6.57. The number of ketones is 1. The number of imidazole rings is 1. The van der Waals surface area contributed by atoms with E-state index in [4.69, 9.17) is 5.73 Å². The number of carbonyl (C=O) groups excluding carboxylic acids is 1. The number of alkyl halides is 3. The molecule has 0 spiro atoms. The first-order valence-electron chi connectivity index (χ1n) is 11.5. The molecular formula is C28H20F3N5O. The monoisotopic (exact) mass is 499 g/mol. The largest absolute Gasteiger partial charge is 0.417 e. The number of hydrogen-bond donors (Lipinski definition) is 2. The van der Waals surface area contributed by atoms with Crippen LogP contribution >= 0.6 is 0 Å². The van der Waals surface area contributed by atoms with E-state index in [-0.39, 0.29) is 22.7 Å². The number of nitrogen functional groups attached to an aromatic ring is 1. The molecule has 0 amide bonds. The minimum absolute atomic E-state index is 0.104. The van der Waals surface area contributed by atoms with Gasteiger partial charge in [0.25, 0.3) is 0 Å². The van der Waals surface area contributed by atoms with Crippen LogP contribution in [-0.2, 0) is 12.6 Å². The van der Waals surface area contributed by atoms with Crippen molar-refractivity contribution in [3.63, 3.8) is 0 Å². The van der Waals surface area contributed by atoms with Crippen LogP contribution in [-0.4, -0.2) is 25.5 Å². The van der Waals surface area contributed by atoms with E-state index in [0.717, 1.165) is 34.1 Å². The molecule has 1 aliphatic carbocycles. The van der Waals surface area contributed by atoms with Gasteiger partial charge in [0, 0.05) is 12.0 Å². The summed E-state index contributed by atoms with van der Waals surface area (Å²) in [7, 11) is 0. The van der Waals surface area contributed by atoms with Gasteiger partial charge in [0.1, 0.15) is 11.6 Å². The molecule has 2 heterocycles. The maximum absolute atomic E-state index is 13.5. The van der Waals surface area contributed by atoms with Crippen LogP contribution in [0, 0.1) is 6.92 Å². The van der Waals surface area contributed by atoms with E-state index in [1.807, 2.05) is 25.1 Å². The molecule has 0 unspecified atom stereocenters. The van der Waals surface area contributed by atoms with Crippen molar-refractivity contribution in [2.45, 2.75) is 19.5 Å². The fourth-order valence-corrected chi connectivity index (χ4v) is 4.81. The van der Waals surface area contributed by atoms with Crippen molar-refractivity contribution in [2.24, 2.45) is 0 Å². The van der Waals surface area contributed by atoms with E-state index >= 15 is 0 Å². The zero-order valence-electron chi connectivity index (χ0n) is 19.6. The fraction of sp³-hybridized carbons (Fsp3) is 0.107. The van der Waals surface area contributed by atoms with Gasteiger partial charge in [0.2, 0.25) is 0 Å². The Bertz CT molecular complexity index is 1740. The molecule has 3 aromatic carbocycles. The Morgan fingerprint density at radius 3 is 2.70 bits per heavy atom. The Labute approximate surface area is 209 Å². The van der Waals surface area contributed by atoms with Crippen molar-refractivity contribution >= 4 is 28.7 Å². The highest BCUT2D eigenvalue weighted by atomic mass is 19.4. The van der Waals surface area contributed by atoms with Crippen molar-refractivity contribution in [1.82, 2.24) is 19.7 Å². The van der Waals surface area contributed by atoms with Crippen LogP contribution in [0.15, 0.2) is 72.4 Å². The lowest BCUT2D eigenvalue weighted by Gasteiger charge is -2.13. The molecule has 1 aliphatic rings. The Hall–Kier alpha value is -4.66. The van der Waals surface area contributed by atoms with E-state index in [2.05, 4.69) is 15.1 Å². The number of anilines is 1. The molecular weight excluding hydrogens is 479 g/mol. The molecule has 0 fully saturated rings. The first-order valence-corrected chi connectivity index (χ1v) is 11.5. The molecule has 0 atom stereocenters. The molecule has 0 aliphatic heterocycles. The summed E-state index contributed by atoms with van der Waals surface area (Å²) in [5.41, 5.74) is 10.9. The van der Waals surface area contributed by atoms with Crippen molar-refractivity contribution in [3.8, 4) is 16.8 Å². The van der Waals surface area contributed by atoms with Crippen molar-refractivity contribution in [3.05, 3.63) is 101 Å². The molecule has 9 heteroatoms. The number of allylic oxidation sites excluding steroid dienone is 1. The number of fused-ring (bicyclic) bond motifs is 2. The van der Waals surface area contributed by atoms with Crippen molar-refractivity contribution in [1.29, 1.82) is 0 Å². The van der Waals surface area contributed by atoms with Crippen molar-refractivity contribution < 1.29 is 18.0 Å². The van der Waals surface area contributed by atoms with Crippen LogP contribution in [0.4, 0.5) is 19.0 Å². The standard InChI is InChI=1S/C28H20F3N5O/c1-15-34-24-9-8-20(13-25(24)35-15)36-27(32)22(14-33-36)26(37)19-10-16-6-7-17(11-18(16)12-19)21-4-2-3-5-23(21)28(29,30)31/h2-11,13-14H,12,32H2,1H3,(H,34,35). The van der Waals surface area contributed by atoms with E-state index < -0.39 is 11.7 Å². The summed E-state index contributed by atoms with van der Waals surface area (Å²) in [6.45, 7) is 1.87. The summed E-state index contributed by atoms with van der Waals surface area (Å²) in [5, 5.41) is 4.33. The summed E-state index contributed by atoms with van der Waals surface area (Å²) < 4.78 is 42.1. The number of benzene rings is 3. The molecule has 184 valence electrons. The first-order chi connectivity index (χ1) is 17.7. The van der Waals surface area contributed by atoms with Gasteiger partial charge in [0.05, 0.1) is 34.0 Å². The van der Waals surface area contributed by atoms with Gasteiger partial charge in [-0.3, -0.25) is 4.79 Å². The molecule has 3 N–H and O–H groups in total. The van der Waals surface area contributed by atoms with Gasteiger partial charge in [-0.25, -0.2) is 9.67 Å². The number of hydrogen-bond acceptors (Lipinski definition) is 4. The lowest BCUT2D eigenvalue weighted by Crippen LogP contribution is -2.08. The fourth-order valence-electron chi connectivity index (χ4n) is 4.81. The van der Waals surface area contributed by atoms with Gasteiger partial charge in [-0.05, 0) is 59.5 Å². The van der Waals surface area contributed by atoms with Gasteiger partial charge < -0.3 is 10.7 Å². The van der Waals surface area contributed by atoms with Gasteiger partial charge >= 0.3 is 6.18 Å². The van der Waals surface area contributed by atoms with Gasteiger partial charge in [-0.15, -0.1) is 0 Å². The van der Waals surface area contributed by atoms with Crippen molar-refractivity contribution in [2.75, 3.05) is 5.73 Å². The normalized spacial score (nSPS) is 13.1. The summed E-state index contributed by atoms with van der Waals surface area (Å²) >= 11 is 0. The molecule has 6 nitrogen and oxygen atoms in total. The van der Waals surface area contributed by atoms with Crippen LogP contribution < -0.4 is 5.73 Å². The van der Waals surface area contributed by atoms with Gasteiger partial charge in [-0.2, -0.15) is 18.3 Å². The highest BCUT2D eigenvalue weighted by Gasteiger charge is 2.33. The second-order valence-corrected chi connectivity index (χ2v) is 9.01. The second kappa shape index (κ2) is 8.19. The number of Topliss-reactive ketones (excluding diaryl/α,β-unsaturated/α-hetero) is 1. The van der Waals surface area contributed by atoms with Crippen LogP contribution in [0.25, 0.3) is 33.9 Å². The number of aromatic amines is 1. The van der Waals surface area contributed by atoms with E-state index in [1.165, 1.54) is 23.0 Å². The lowest BCUT2D eigenvalue weighted by molar-refractivity contribution is -0.137. The number of aryl methyl sites for hydroxylation is 1. The van der Waals surface area contributed by atoms with Crippen LogP contribution in [0.5, 0.6) is 0 Å². The van der Waals surface area contributed by atoms with Gasteiger partial charge in [0.15, 0.2) is 5.78 Å². The summed E-state index contributed by atoms with van der Waals surface area (Å²) in [4.78, 5) is 20.9. The second-order valence-electron chi connectivity index (χ2n) is 9.01. The molecule has 6 rings (SSSR count). The maximum atomic E-state index is 13.5. The predicted octanol–water partition coefficient (Wildman–Crippen LogP) is 6.15. The molecule has 0 saturated carbocycles. The topological polar surface area (TPSA) is 89.6 Å². The predicted molar refractivity (Wildman–Crippen MR) is 135 cm³/mol. The molecule has 2 aromatic heterocycles. The third-order valence-electron chi connectivity index (χ3n) is 6.57. The number of nitrogens with two attached hydrogens (primary N) is 1. The Morgan fingerprint density at radius 2 is 1.89 bits per heavy atom.